The molecule has 1 aromatic carbocycles. The first-order valence-electron chi connectivity index (χ1n) is 16.9. The van der Waals surface area contributed by atoms with Crippen molar-refractivity contribution < 1.29 is 52.1 Å². The van der Waals surface area contributed by atoms with Crippen LogP contribution in [-0.2, 0) is 62.5 Å². The second-order valence-electron chi connectivity index (χ2n) is 10.6. The molecule has 11 heteroatoms. The van der Waals surface area contributed by atoms with Gasteiger partial charge in [0.1, 0.15) is 0 Å². The molecule has 0 bridgehead atoms. The summed E-state index contributed by atoms with van der Waals surface area (Å²) in [6.45, 7) is 16.3. The van der Waals surface area contributed by atoms with Crippen LogP contribution in [0.25, 0.3) is 0 Å². The van der Waals surface area contributed by atoms with Crippen LogP contribution in [0.15, 0.2) is 6.07 Å². The molecule has 1 heterocycles. The monoisotopic (exact) mass is 644 g/mol. The average Bonchev–Trinajstić information content (AvgIpc) is 3.52. The van der Waals surface area contributed by atoms with E-state index in [1.807, 2.05) is 6.07 Å². The van der Waals surface area contributed by atoms with E-state index in [1.54, 1.807) is 0 Å². The minimum atomic E-state index is 0.163. The van der Waals surface area contributed by atoms with Crippen LogP contribution < -0.4 is 9.47 Å². The van der Waals surface area contributed by atoms with Crippen molar-refractivity contribution in [3.63, 3.8) is 0 Å². The summed E-state index contributed by atoms with van der Waals surface area (Å²) in [5, 5.41) is 0. The molecule has 0 amide bonds. The van der Waals surface area contributed by atoms with Gasteiger partial charge >= 0.3 is 0 Å². The molecule has 0 fully saturated rings. The Hall–Kier alpha value is -1.54. The van der Waals surface area contributed by atoms with Crippen molar-refractivity contribution in [2.45, 2.75) is 79.1 Å². The van der Waals surface area contributed by atoms with Gasteiger partial charge in [0.25, 0.3) is 0 Å². The number of ether oxygens (including phenoxy) is 11. The zero-order valence-corrected chi connectivity index (χ0v) is 28.2. The summed E-state index contributed by atoms with van der Waals surface area (Å²) < 4.78 is 63.3. The van der Waals surface area contributed by atoms with Crippen molar-refractivity contribution in [1.29, 1.82) is 0 Å². The van der Waals surface area contributed by atoms with Gasteiger partial charge in [-0.1, -0.05) is 40.0 Å². The lowest BCUT2D eigenvalue weighted by molar-refractivity contribution is 0.00441. The summed E-state index contributed by atoms with van der Waals surface area (Å²) in [7, 11) is 0. The van der Waals surface area contributed by atoms with Gasteiger partial charge in [0, 0.05) is 25.4 Å². The van der Waals surface area contributed by atoms with Crippen molar-refractivity contribution in [1.82, 2.24) is 0 Å². The minimum Gasteiger partial charge on any atom is -0.454 e. The fourth-order valence-corrected chi connectivity index (χ4v) is 4.26. The normalized spacial score (nSPS) is 12.4. The number of fused-ring (bicyclic) bond motifs is 1. The number of rotatable bonds is 33. The number of hydrogen-bond donors (Lipinski definition) is 0. The summed E-state index contributed by atoms with van der Waals surface area (Å²) in [6.07, 6.45) is 6.58. The molecule has 0 spiro atoms. The summed E-state index contributed by atoms with van der Waals surface area (Å²) in [5.74, 6) is 1.37. The van der Waals surface area contributed by atoms with Crippen LogP contribution in [0.3, 0.4) is 0 Å². The largest absolute Gasteiger partial charge is 0.454 e. The smallest absolute Gasteiger partial charge is 0.231 e. The van der Waals surface area contributed by atoms with Gasteiger partial charge in [-0.05, 0) is 36.5 Å². The predicted octanol–water partition coefficient (Wildman–Crippen LogP) is 5.47. The lowest BCUT2D eigenvalue weighted by Crippen LogP contribution is -2.13. The average molecular weight is 645 g/mol. The Labute approximate surface area is 271 Å². The third kappa shape index (κ3) is 19.0. The first-order chi connectivity index (χ1) is 22.3. The Bertz CT molecular complexity index is 824. The molecular weight excluding hydrogens is 584 g/mol. The fraction of sp³-hybridized carbons (Fsp3) is 0.824. The zero-order chi connectivity index (χ0) is 32.0. The molecule has 1 aromatic rings. The van der Waals surface area contributed by atoms with Gasteiger partial charge in [0.05, 0.1) is 99.1 Å². The number of benzene rings is 1. The maximum atomic E-state index is 6.05. The highest BCUT2D eigenvalue weighted by Gasteiger charge is 2.24. The van der Waals surface area contributed by atoms with E-state index in [-0.39, 0.29) is 6.79 Å². The Morgan fingerprint density at radius 3 is 1.27 bits per heavy atom. The summed E-state index contributed by atoms with van der Waals surface area (Å²) in [5.41, 5.74) is 2.83. The van der Waals surface area contributed by atoms with Crippen LogP contribution in [0.2, 0.25) is 0 Å². The van der Waals surface area contributed by atoms with Crippen molar-refractivity contribution in [2.24, 2.45) is 0 Å². The molecule has 0 unspecified atom stereocenters. The van der Waals surface area contributed by atoms with E-state index in [2.05, 4.69) is 20.8 Å². The SMILES string of the molecule is CCCCOCCOCCOCc1cc2c(c(COCCOCCOCCCC)c1COCCOCCOCCCC)OCO2. The Kier molecular flexibility index (Phi) is 25.2. The molecule has 0 N–H and O–H groups in total. The molecular formula is C34H60O11. The molecule has 2 rings (SSSR count). The molecule has 0 saturated heterocycles. The van der Waals surface area contributed by atoms with Gasteiger partial charge in [-0.15, -0.1) is 0 Å². The molecule has 45 heavy (non-hydrogen) atoms. The molecule has 262 valence electrons. The third-order valence-electron chi connectivity index (χ3n) is 6.88. The summed E-state index contributed by atoms with van der Waals surface area (Å²) in [4.78, 5) is 0. The standard InChI is InChI=1S/C34H60O11/c1-4-7-10-35-13-16-38-19-22-41-26-30-25-33-34(45-29-44-33)32(28-43-24-21-40-18-15-37-12-9-6-3)31(30)27-42-23-20-39-17-14-36-11-8-5-2/h25H,4-24,26-29H2,1-3H3. The van der Waals surface area contributed by atoms with Gasteiger partial charge in [-0.3, -0.25) is 0 Å². The van der Waals surface area contributed by atoms with Crippen LogP contribution in [-0.4, -0.2) is 106 Å². The van der Waals surface area contributed by atoms with Gasteiger partial charge in [-0.2, -0.15) is 0 Å². The maximum Gasteiger partial charge on any atom is 0.231 e. The molecule has 0 radical (unpaired) electrons. The van der Waals surface area contributed by atoms with Gasteiger partial charge < -0.3 is 52.1 Å². The fourth-order valence-electron chi connectivity index (χ4n) is 4.26. The van der Waals surface area contributed by atoms with Gasteiger partial charge in [-0.25, -0.2) is 0 Å². The van der Waals surface area contributed by atoms with Crippen LogP contribution >= 0.6 is 0 Å². The second kappa shape index (κ2) is 28.7. The Morgan fingerprint density at radius 2 is 0.822 bits per heavy atom. The lowest BCUT2D eigenvalue weighted by atomic mass is 10.00. The molecule has 1 aliphatic heterocycles. The maximum absolute atomic E-state index is 6.05. The van der Waals surface area contributed by atoms with Crippen molar-refractivity contribution in [2.75, 3.05) is 106 Å². The molecule has 11 nitrogen and oxygen atoms in total. The van der Waals surface area contributed by atoms with E-state index in [9.17, 15) is 0 Å². The van der Waals surface area contributed by atoms with Crippen molar-refractivity contribution in [3.05, 3.63) is 22.8 Å². The summed E-state index contributed by atoms with van der Waals surface area (Å²) in [6, 6.07) is 1.97. The van der Waals surface area contributed by atoms with E-state index in [4.69, 9.17) is 52.1 Å². The molecule has 0 atom stereocenters. The van der Waals surface area contributed by atoms with E-state index in [1.165, 1.54) is 0 Å². The van der Waals surface area contributed by atoms with Crippen LogP contribution in [0.1, 0.15) is 76.0 Å². The predicted molar refractivity (Wildman–Crippen MR) is 171 cm³/mol. The van der Waals surface area contributed by atoms with Crippen LogP contribution in [0.5, 0.6) is 11.5 Å². The minimum absolute atomic E-state index is 0.163. The van der Waals surface area contributed by atoms with E-state index >= 15 is 0 Å². The summed E-state index contributed by atoms with van der Waals surface area (Å²) >= 11 is 0. The Balaban J connectivity index is 1.86. The Morgan fingerprint density at radius 1 is 0.444 bits per heavy atom. The van der Waals surface area contributed by atoms with Gasteiger partial charge in [0.15, 0.2) is 11.5 Å². The molecule has 1 aliphatic rings. The topological polar surface area (TPSA) is 102 Å². The van der Waals surface area contributed by atoms with E-state index < -0.39 is 0 Å². The molecule has 0 aromatic heterocycles. The van der Waals surface area contributed by atoms with E-state index in [0.29, 0.717) is 111 Å². The van der Waals surface area contributed by atoms with Crippen LogP contribution in [0.4, 0.5) is 0 Å². The van der Waals surface area contributed by atoms with Gasteiger partial charge in [0.2, 0.25) is 6.79 Å². The first-order valence-corrected chi connectivity index (χ1v) is 16.9. The van der Waals surface area contributed by atoms with E-state index in [0.717, 1.165) is 75.0 Å². The van der Waals surface area contributed by atoms with Crippen LogP contribution in [0, 0.1) is 0 Å². The number of unbranched alkanes of at least 4 members (excludes halogenated alkanes) is 3. The first kappa shape index (κ1) is 39.6. The highest BCUT2D eigenvalue weighted by molar-refractivity contribution is 5.55. The quantitative estimate of drug-likeness (QED) is 0.0912. The third-order valence-corrected chi connectivity index (χ3v) is 6.88. The van der Waals surface area contributed by atoms with Crippen molar-refractivity contribution in [3.8, 4) is 11.5 Å². The molecule has 0 saturated carbocycles. The zero-order valence-electron chi connectivity index (χ0n) is 28.2. The highest BCUT2D eigenvalue weighted by Crippen LogP contribution is 2.40. The lowest BCUT2D eigenvalue weighted by Gasteiger charge is -2.18. The highest BCUT2D eigenvalue weighted by atomic mass is 16.7. The molecule has 0 aliphatic carbocycles. The van der Waals surface area contributed by atoms with Crippen molar-refractivity contribution >= 4 is 0 Å². The number of hydrogen-bond acceptors (Lipinski definition) is 11. The second-order valence-corrected chi connectivity index (χ2v) is 10.6.